The Morgan fingerprint density at radius 2 is 1.92 bits per heavy atom. The highest BCUT2D eigenvalue weighted by molar-refractivity contribution is 4.96. The number of nitrogens with zero attached hydrogens (tertiary/aromatic N) is 1. The molecule has 2 unspecified atom stereocenters. The fourth-order valence-corrected chi connectivity index (χ4v) is 2.50. The maximum absolute atomic E-state index is 8.87. The van der Waals surface area contributed by atoms with E-state index in [1.54, 1.807) is 0 Å². The van der Waals surface area contributed by atoms with Crippen molar-refractivity contribution in [2.75, 3.05) is 6.61 Å². The molecule has 0 spiro atoms. The molecule has 2 nitrogen and oxygen atoms in total. The van der Waals surface area contributed by atoms with Crippen molar-refractivity contribution in [3.8, 4) is 6.07 Å². The topological polar surface area (TPSA) is 33.0 Å². The Bertz CT molecular complexity index is 191. The highest BCUT2D eigenvalue weighted by Gasteiger charge is 2.35. The number of nitriles is 1. The highest BCUT2D eigenvalue weighted by Crippen LogP contribution is 2.36. The molecule has 0 bridgehead atoms. The molecular weight excluding hydrogens is 150 g/mol. The molecule has 12 heavy (non-hydrogen) atoms. The second-order valence-corrected chi connectivity index (χ2v) is 3.90. The lowest BCUT2D eigenvalue weighted by Gasteiger charge is -2.19. The summed E-state index contributed by atoms with van der Waals surface area (Å²) in [7, 11) is 0. The largest absolute Gasteiger partial charge is 0.377 e. The van der Waals surface area contributed by atoms with Crippen molar-refractivity contribution in [1.82, 2.24) is 0 Å². The minimum Gasteiger partial charge on any atom is -0.377 e. The minimum absolute atomic E-state index is 0.188. The molecule has 2 heteroatoms. The van der Waals surface area contributed by atoms with E-state index in [0.717, 1.165) is 13.0 Å². The summed E-state index contributed by atoms with van der Waals surface area (Å²) in [6.45, 7) is 0.805. The third kappa shape index (κ3) is 1.34. The zero-order valence-corrected chi connectivity index (χ0v) is 7.33. The van der Waals surface area contributed by atoms with Gasteiger partial charge in [-0.2, -0.15) is 5.26 Å². The van der Waals surface area contributed by atoms with Crippen LogP contribution in [0.25, 0.3) is 0 Å². The second kappa shape index (κ2) is 3.45. The molecule has 66 valence electrons. The molecule has 0 aromatic carbocycles. The normalized spacial score (nSPS) is 36.9. The predicted molar refractivity (Wildman–Crippen MR) is 45.4 cm³/mol. The second-order valence-electron chi connectivity index (χ2n) is 3.90. The quantitative estimate of drug-likeness (QED) is 0.596. The maximum atomic E-state index is 8.87. The summed E-state index contributed by atoms with van der Waals surface area (Å²) in [5, 5.41) is 8.87. The molecule has 1 saturated heterocycles. The summed E-state index contributed by atoms with van der Waals surface area (Å²) < 4.78 is 5.62. The Kier molecular flexibility index (Phi) is 2.32. The third-order valence-electron chi connectivity index (χ3n) is 3.17. The maximum Gasteiger partial charge on any atom is 0.0762 e. The van der Waals surface area contributed by atoms with Gasteiger partial charge in [0.2, 0.25) is 0 Å². The molecule has 0 aromatic rings. The van der Waals surface area contributed by atoms with Crippen LogP contribution in [0.3, 0.4) is 0 Å². The molecule has 1 saturated carbocycles. The summed E-state index contributed by atoms with van der Waals surface area (Å²) in [5.74, 6) is 0.880. The third-order valence-corrected chi connectivity index (χ3v) is 3.17. The van der Waals surface area contributed by atoms with Gasteiger partial charge in [0.1, 0.15) is 0 Å². The van der Waals surface area contributed by atoms with E-state index >= 15 is 0 Å². The average molecular weight is 165 g/mol. The van der Waals surface area contributed by atoms with Crippen LogP contribution in [-0.2, 0) is 4.74 Å². The lowest BCUT2D eigenvalue weighted by Crippen LogP contribution is -2.23. The lowest BCUT2D eigenvalue weighted by molar-refractivity contribution is 0.0536. The van der Waals surface area contributed by atoms with Crippen LogP contribution in [0.4, 0.5) is 0 Å². The van der Waals surface area contributed by atoms with Crippen LogP contribution in [-0.4, -0.2) is 12.7 Å². The van der Waals surface area contributed by atoms with Crippen LogP contribution in [0.2, 0.25) is 0 Å². The Hall–Kier alpha value is -0.550. The van der Waals surface area contributed by atoms with Crippen LogP contribution in [0.1, 0.15) is 32.1 Å². The van der Waals surface area contributed by atoms with Gasteiger partial charge in [-0.15, -0.1) is 0 Å². The molecule has 2 atom stereocenters. The van der Waals surface area contributed by atoms with Gasteiger partial charge in [0.05, 0.1) is 18.1 Å². The monoisotopic (exact) mass is 165 g/mol. The van der Waals surface area contributed by atoms with Crippen molar-refractivity contribution in [2.45, 2.75) is 38.2 Å². The van der Waals surface area contributed by atoms with E-state index < -0.39 is 0 Å². The van der Waals surface area contributed by atoms with E-state index in [4.69, 9.17) is 10.00 Å². The van der Waals surface area contributed by atoms with E-state index in [-0.39, 0.29) is 12.0 Å². The minimum atomic E-state index is 0.188. The first-order valence-corrected chi connectivity index (χ1v) is 4.93. The predicted octanol–water partition coefficient (Wildman–Crippen LogP) is 2.11. The molecule has 1 heterocycles. The van der Waals surface area contributed by atoms with Crippen molar-refractivity contribution >= 4 is 0 Å². The molecular formula is C10H15NO. The number of hydrogen-bond acceptors (Lipinski definition) is 2. The molecule has 2 rings (SSSR count). The van der Waals surface area contributed by atoms with E-state index in [9.17, 15) is 0 Å². The van der Waals surface area contributed by atoms with Gasteiger partial charge in [0.15, 0.2) is 0 Å². The zero-order chi connectivity index (χ0) is 8.39. The number of hydrogen-bond donors (Lipinski definition) is 0. The van der Waals surface area contributed by atoms with E-state index in [2.05, 4.69) is 6.07 Å². The van der Waals surface area contributed by atoms with Gasteiger partial charge in [-0.25, -0.2) is 0 Å². The molecule has 0 N–H and O–H groups in total. The first-order chi connectivity index (χ1) is 5.92. The van der Waals surface area contributed by atoms with Gasteiger partial charge < -0.3 is 4.74 Å². The molecule has 0 amide bonds. The average Bonchev–Trinajstić information content (AvgIpc) is 2.74. The fourth-order valence-electron chi connectivity index (χ4n) is 2.50. The Balaban J connectivity index is 1.97. The molecule has 0 aromatic heterocycles. The van der Waals surface area contributed by atoms with Crippen LogP contribution in [0, 0.1) is 23.2 Å². The first-order valence-electron chi connectivity index (χ1n) is 4.93. The molecule has 2 aliphatic rings. The van der Waals surface area contributed by atoms with E-state index in [0.29, 0.717) is 5.92 Å². The van der Waals surface area contributed by atoms with Crippen LogP contribution < -0.4 is 0 Å². The van der Waals surface area contributed by atoms with Gasteiger partial charge in [0.25, 0.3) is 0 Å². The lowest BCUT2D eigenvalue weighted by atomic mass is 9.91. The summed E-state index contributed by atoms with van der Waals surface area (Å²) in [6.07, 6.45) is 6.46. The van der Waals surface area contributed by atoms with E-state index in [1.165, 1.54) is 25.7 Å². The Morgan fingerprint density at radius 3 is 2.58 bits per heavy atom. The summed E-state index contributed by atoms with van der Waals surface area (Å²) in [5.41, 5.74) is 0. The van der Waals surface area contributed by atoms with Crippen LogP contribution in [0.15, 0.2) is 0 Å². The van der Waals surface area contributed by atoms with Crippen LogP contribution >= 0.6 is 0 Å². The van der Waals surface area contributed by atoms with Gasteiger partial charge in [0, 0.05) is 6.61 Å². The standard InChI is InChI=1S/C10H15NO/c11-7-9-5-6-12-10(9)8-3-1-2-4-8/h8-10H,1-6H2. The van der Waals surface area contributed by atoms with Gasteiger partial charge in [-0.3, -0.25) is 0 Å². The summed E-state index contributed by atoms with van der Waals surface area (Å²) in [4.78, 5) is 0. The first kappa shape index (κ1) is 8.07. The molecule has 1 aliphatic heterocycles. The highest BCUT2D eigenvalue weighted by atomic mass is 16.5. The van der Waals surface area contributed by atoms with Crippen molar-refractivity contribution in [3.05, 3.63) is 0 Å². The van der Waals surface area contributed by atoms with Crippen molar-refractivity contribution in [1.29, 1.82) is 5.26 Å². The van der Waals surface area contributed by atoms with Crippen molar-refractivity contribution in [3.63, 3.8) is 0 Å². The molecule has 1 aliphatic carbocycles. The zero-order valence-electron chi connectivity index (χ0n) is 7.33. The Morgan fingerprint density at radius 1 is 1.17 bits per heavy atom. The summed E-state index contributed by atoms with van der Waals surface area (Å²) >= 11 is 0. The molecule has 2 fully saturated rings. The molecule has 0 radical (unpaired) electrons. The van der Waals surface area contributed by atoms with Crippen molar-refractivity contribution < 1.29 is 4.74 Å². The smallest absolute Gasteiger partial charge is 0.0762 e. The van der Waals surface area contributed by atoms with Gasteiger partial charge in [-0.1, -0.05) is 12.8 Å². The van der Waals surface area contributed by atoms with Gasteiger partial charge >= 0.3 is 0 Å². The van der Waals surface area contributed by atoms with Crippen LogP contribution in [0.5, 0.6) is 0 Å². The van der Waals surface area contributed by atoms with E-state index in [1.807, 2.05) is 0 Å². The SMILES string of the molecule is N#CC1CCOC1C1CCCC1. The van der Waals surface area contributed by atoms with Crippen molar-refractivity contribution in [2.24, 2.45) is 11.8 Å². The summed E-state index contributed by atoms with van der Waals surface area (Å²) in [6, 6.07) is 2.37. The number of rotatable bonds is 1. The fraction of sp³-hybridized carbons (Fsp3) is 0.900. The van der Waals surface area contributed by atoms with Gasteiger partial charge in [-0.05, 0) is 25.2 Å². The Labute approximate surface area is 73.5 Å². The number of ether oxygens (including phenoxy) is 1.